The van der Waals surface area contributed by atoms with Gasteiger partial charge in [-0.2, -0.15) is 0 Å². The molecule has 1 unspecified atom stereocenters. The SMILES string of the molecule is CC(CCOCCCC[S])CC(C)(C)C. The van der Waals surface area contributed by atoms with E-state index < -0.39 is 0 Å². The zero-order chi connectivity index (χ0) is 11.7. The number of hydrogen-bond donors (Lipinski definition) is 0. The molecule has 0 aliphatic rings. The molecule has 0 heterocycles. The first-order chi connectivity index (χ1) is 6.95. The van der Waals surface area contributed by atoms with Crippen LogP contribution in [0, 0.1) is 11.3 Å². The second kappa shape index (κ2) is 8.46. The maximum Gasteiger partial charge on any atom is 0.0468 e. The molecule has 0 amide bonds. The first kappa shape index (κ1) is 15.3. The van der Waals surface area contributed by atoms with Crippen LogP contribution in [0.4, 0.5) is 0 Å². The average molecular weight is 231 g/mol. The van der Waals surface area contributed by atoms with Gasteiger partial charge in [-0.15, -0.1) is 0 Å². The van der Waals surface area contributed by atoms with Crippen molar-refractivity contribution in [3.8, 4) is 0 Å². The Balaban J connectivity index is 3.28. The lowest BCUT2D eigenvalue weighted by Crippen LogP contribution is -2.12. The molecule has 0 saturated heterocycles. The molecule has 0 aliphatic heterocycles. The van der Waals surface area contributed by atoms with E-state index in [1.165, 1.54) is 12.8 Å². The first-order valence-electron chi connectivity index (χ1n) is 6.11. The molecule has 0 rings (SSSR count). The second-order valence-electron chi connectivity index (χ2n) is 5.68. The predicted octanol–water partition coefficient (Wildman–Crippen LogP) is 4.44. The van der Waals surface area contributed by atoms with Crippen molar-refractivity contribution in [2.24, 2.45) is 11.3 Å². The van der Waals surface area contributed by atoms with Crippen LogP contribution in [-0.2, 0) is 4.74 Å². The van der Waals surface area contributed by atoms with Crippen molar-refractivity contribution in [3.05, 3.63) is 0 Å². The topological polar surface area (TPSA) is 9.23 Å². The summed E-state index contributed by atoms with van der Waals surface area (Å²) >= 11 is 4.88. The summed E-state index contributed by atoms with van der Waals surface area (Å²) in [5.74, 6) is 1.63. The summed E-state index contributed by atoms with van der Waals surface area (Å²) in [6.45, 7) is 11.0. The maximum absolute atomic E-state index is 5.57. The van der Waals surface area contributed by atoms with E-state index in [1.54, 1.807) is 0 Å². The van der Waals surface area contributed by atoms with Crippen molar-refractivity contribution in [1.82, 2.24) is 0 Å². The fraction of sp³-hybridized carbons (Fsp3) is 1.00. The highest BCUT2D eigenvalue weighted by atomic mass is 32.1. The molecule has 0 bridgehead atoms. The van der Waals surface area contributed by atoms with Crippen molar-refractivity contribution >= 4 is 12.6 Å². The van der Waals surface area contributed by atoms with Crippen LogP contribution in [0.25, 0.3) is 0 Å². The first-order valence-corrected chi connectivity index (χ1v) is 6.69. The van der Waals surface area contributed by atoms with E-state index in [2.05, 4.69) is 27.7 Å². The van der Waals surface area contributed by atoms with Gasteiger partial charge in [-0.1, -0.05) is 40.3 Å². The standard InChI is InChI=1S/C13H27OS/c1-12(11-13(2,3)4)7-9-14-8-5-6-10-15/h12H,5-11H2,1-4H3. The lowest BCUT2D eigenvalue weighted by molar-refractivity contribution is 0.113. The van der Waals surface area contributed by atoms with Gasteiger partial charge in [0.1, 0.15) is 0 Å². The Labute approximate surface area is 101 Å². The Hall–Kier alpha value is 0.310. The Morgan fingerprint density at radius 1 is 1.13 bits per heavy atom. The highest BCUT2D eigenvalue weighted by Gasteiger charge is 2.14. The van der Waals surface area contributed by atoms with E-state index in [9.17, 15) is 0 Å². The fourth-order valence-electron chi connectivity index (χ4n) is 1.84. The van der Waals surface area contributed by atoms with E-state index in [-0.39, 0.29) is 0 Å². The van der Waals surface area contributed by atoms with Crippen molar-refractivity contribution in [3.63, 3.8) is 0 Å². The second-order valence-corrected chi connectivity index (χ2v) is 6.09. The zero-order valence-electron chi connectivity index (χ0n) is 10.8. The van der Waals surface area contributed by atoms with E-state index in [0.29, 0.717) is 5.41 Å². The van der Waals surface area contributed by atoms with E-state index in [4.69, 9.17) is 17.4 Å². The van der Waals surface area contributed by atoms with Gasteiger partial charge in [0.15, 0.2) is 0 Å². The molecule has 1 radical (unpaired) electrons. The normalized spacial score (nSPS) is 14.2. The van der Waals surface area contributed by atoms with Crippen molar-refractivity contribution in [2.45, 2.75) is 53.4 Å². The largest absolute Gasteiger partial charge is 0.381 e. The van der Waals surface area contributed by atoms with Gasteiger partial charge in [-0.3, -0.25) is 0 Å². The van der Waals surface area contributed by atoms with Gasteiger partial charge in [0.25, 0.3) is 0 Å². The van der Waals surface area contributed by atoms with Gasteiger partial charge in [0.2, 0.25) is 0 Å². The quantitative estimate of drug-likeness (QED) is 0.561. The summed E-state index contributed by atoms with van der Waals surface area (Å²) < 4.78 is 5.57. The van der Waals surface area contributed by atoms with E-state index in [1.807, 2.05) is 0 Å². The van der Waals surface area contributed by atoms with Crippen LogP contribution in [0.3, 0.4) is 0 Å². The van der Waals surface area contributed by atoms with Gasteiger partial charge in [-0.25, -0.2) is 0 Å². The summed E-state index contributed by atoms with van der Waals surface area (Å²) in [5, 5.41) is 0. The van der Waals surface area contributed by atoms with Gasteiger partial charge < -0.3 is 4.74 Å². The smallest absolute Gasteiger partial charge is 0.0468 e. The summed E-state index contributed by atoms with van der Waals surface area (Å²) in [6.07, 6.45) is 4.71. The van der Waals surface area contributed by atoms with Gasteiger partial charge in [-0.05, 0) is 37.0 Å². The third-order valence-electron chi connectivity index (χ3n) is 2.40. The summed E-state index contributed by atoms with van der Waals surface area (Å²) in [6, 6.07) is 0. The van der Waals surface area contributed by atoms with Crippen LogP contribution in [0.5, 0.6) is 0 Å². The van der Waals surface area contributed by atoms with Crippen LogP contribution in [0.15, 0.2) is 0 Å². The third-order valence-corrected chi connectivity index (χ3v) is 2.69. The van der Waals surface area contributed by atoms with Crippen LogP contribution in [0.2, 0.25) is 0 Å². The van der Waals surface area contributed by atoms with Crippen LogP contribution in [0.1, 0.15) is 53.4 Å². The Morgan fingerprint density at radius 2 is 1.80 bits per heavy atom. The number of ether oxygens (including phenoxy) is 1. The molecule has 0 aromatic rings. The Morgan fingerprint density at radius 3 is 2.33 bits per heavy atom. The summed E-state index contributed by atoms with van der Waals surface area (Å²) in [5.41, 5.74) is 0.446. The minimum Gasteiger partial charge on any atom is -0.381 e. The predicted molar refractivity (Wildman–Crippen MR) is 70.4 cm³/mol. The molecule has 15 heavy (non-hydrogen) atoms. The number of unbranched alkanes of at least 4 members (excludes halogenated alkanes) is 1. The lowest BCUT2D eigenvalue weighted by Gasteiger charge is -2.23. The van der Waals surface area contributed by atoms with Crippen LogP contribution in [-0.4, -0.2) is 19.0 Å². The minimum atomic E-state index is 0.446. The Bertz CT molecular complexity index is 140. The molecule has 0 fully saturated rings. The number of hydrogen-bond acceptors (Lipinski definition) is 1. The molecule has 0 aliphatic carbocycles. The zero-order valence-corrected chi connectivity index (χ0v) is 11.7. The Kier molecular flexibility index (Phi) is 8.64. The van der Waals surface area contributed by atoms with Crippen molar-refractivity contribution in [1.29, 1.82) is 0 Å². The third kappa shape index (κ3) is 12.2. The molecule has 0 spiro atoms. The number of rotatable bonds is 8. The van der Waals surface area contributed by atoms with E-state index in [0.717, 1.165) is 37.7 Å². The summed E-state index contributed by atoms with van der Waals surface area (Å²) in [7, 11) is 0. The highest BCUT2D eigenvalue weighted by molar-refractivity contribution is 7.80. The molecule has 1 atom stereocenters. The molecule has 0 aromatic carbocycles. The molecule has 2 heteroatoms. The molecular weight excluding hydrogens is 204 g/mol. The molecule has 91 valence electrons. The molecular formula is C13H27OS. The van der Waals surface area contributed by atoms with Crippen molar-refractivity contribution in [2.75, 3.05) is 19.0 Å². The molecule has 1 nitrogen and oxygen atoms in total. The van der Waals surface area contributed by atoms with Crippen molar-refractivity contribution < 1.29 is 4.74 Å². The minimum absolute atomic E-state index is 0.446. The lowest BCUT2D eigenvalue weighted by atomic mass is 9.84. The average Bonchev–Trinajstić information content (AvgIpc) is 2.08. The van der Waals surface area contributed by atoms with E-state index >= 15 is 0 Å². The molecule has 0 saturated carbocycles. The summed E-state index contributed by atoms with van der Waals surface area (Å²) in [4.78, 5) is 0. The molecule has 0 aromatic heterocycles. The molecule has 0 N–H and O–H groups in total. The fourth-order valence-corrected chi connectivity index (χ4v) is 2.04. The van der Waals surface area contributed by atoms with Gasteiger partial charge in [0.05, 0.1) is 0 Å². The monoisotopic (exact) mass is 231 g/mol. The maximum atomic E-state index is 5.57. The van der Waals surface area contributed by atoms with Gasteiger partial charge >= 0.3 is 0 Å². The van der Waals surface area contributed by atoms with Crippen LogP contribution >= 0.6 is 12.6 Å². The highest BCUT2D eigenvalue weighted by Crippen LogP contribution is 2.25. The van der Waals surface area contributed by atoms with Gasteiger partial charge in [0, 0.05) is 19.0 Å². The van der Waals surface area contributed by atoms with Crippen LogP contribution < -0.4 is 0 Å².